The number of nitrogens with zero attached hydrogens (tertiary/aromatic N) is 2. The number of hydrazine groups is 1. The van der Waals surface area contributed by atoms with E-state index in [0.29, 0.717) is 31.9 Å². The SMILES string of the molecule is Cc1ccc(OCCC(=O)N2CCN(C(=O)CC(=O)NN)CC2)c(Br)c1. The molecule has 0 unspecified atom stereocenters. The minimum Gasteiger partial charge on any atom is -0.492 e. The number of carbonyl (C=O) groups excluding carboxylic acids is 3. The summed E-state index contributed by atoms with van der Waals surface area (Å²) in [4.78, 5) is 38.6. The summed E-state index contributed by atoms with van der Waals surface area (Å²) in [5, 5.41) is 0. The Morgan fingerprint density at radius 1 is 1.15 bits per heavy atom. The van der Waals surface area contributed by atoms with Gasteiger partial charge in [0.2, 0.25) is 17.7 Å². The molecule has 1 aromatic carbocycles. The van der Waals surface area contributed by atoms with Crippen LogP contribution in [0.25, 0.3) is 0 Å². The zero-order valence-electron chi connectivity index (χ0n) is 14.7. The van der Waals surface area contributed by atoms with Crippen LogP contribution in [0, 0.1) is 6.92 Å². The lowest BCUT2D eigenvalue weighted by molar-refractivity contribution is -0.142. The van der Waals surface area contributed by atoms with E-state index in [9.17, 15) is 14.4 Å². The van der Waals surface area contributed by atoms with Crippen LogP contribution in [0.5, 0.6) is 5.75 Å². The Morgan fingerprint density at radius 2 is 1.77 bits per heavy atom. The maximum atomic E-state index is 12.3. The Labute approximate surface area is 160 Å². The molecule has 3 amide bonds. The highest BCUT2D eigenvalue weighted by molar-refractivity contribution is 9.10. The molecule has 0 radical (unpaired) electrons. The second kappa shape index (κ2) is 9.54. The lowest BCUT2D eigenvalue weighted by atomic mass is 10.2. The van der Waals surface area contributed by atoms with Crippen molar-refractivity contribution >= 4 is 33.7 Å². The number of benzene rings is 1. The van der Waals surface area contributed by atoms with Gasteiger partial charge < -0.3 is 14.5 Å². The van der Waals surface area contributed by atoms with E-state index in [4.69, 9.17) is 10.6 Å². The van der Waals surface area contributed by atoms with Crippen molar-refractivity contribution in [3.8, 4) is 5.75 Å². The molecule has 0 spiro atoms. The first-order valence-electron chi connectivity index (χ1n) is 8.34. The molecule has 0 aliphatic carbocycles. The standard InChI is InChI=1S/C17H23BrN4O4/c1-12-2-3-14(13(18)10-12)26-9-4-16(24)21-5-7-22(8-6-21)17(25)11-15(23)20-19/h2-3,10H,4-9,11,19H2,1H3,(H,20,23). The van der Waals surface area contributed by atoms with Crippen molar-refractivity contribution in [2.45, 2.75) is 19.8 Å². The summed E-state index contributed by atoms with van der Waals surface area (Å²) in [6.45, 7) is 3.99. The Bertz CT molecular complexity index is 675. The number of nitrogens with two attached hydrogens (primary N) is 1. The fraction of sp³-hybridized carbons (Fsp3) is 0.471. The molecule has 1 fully saturated rings. The number of hydrogen-bond acceptors (Lipinski definition) is 5. The van der Waals surface area contributed by atoms with Crippen molar-refractivity contribution in [3.63, 3.8) is 0 Å². The highest BCUT2D eigenvalue weighted by Gasteiger charge is 2.25. The molecule has 142 valence electrons. The molecule has 2 rings (SSSR count). The van der Waals surface area contributed by atoms with Crippen LogP contribution in [0.15, 0.2) is 22.7 Å². The van der Waals surface area contributed by atoms with E-state index in [-0.39, 0.29) is 31.3 Å². The van der Waals surface area contributed by atoms with Crippen LogP contribution in [0.4, 0.5) is 0 Å². The van der Waals surface area contributed by atoms with Crippen molar-refractivity contribution in [2.75, 3.05) is 32.8 Å². The number of carbonyl (C=O) groups is 3. The first-order valence-corrected chi connectivity index (χ1v) is 9.14. The fourth-order valence-electron chi connectivity index (χ4n) is 2.63. The van der Waals surface area contributed by atoms with E-state index in [1.54, 1.807) is 9.80 Å². The zero-order valence-corrected chi connectivity index (χ0v) is 16.3. The molecule has 0 saturated carbocycles. The van der Waals surface area contributed by atoms with Crippen molar-refractivity contribution in [3.05, 3.63) is 28.2 Å². The Morgan fingerprint density at radius 3 is 2.35 bits per heavy atom. The van der Waals surface area contributed by atoms with E-state index in [2.05, 4.69) is 15.9 Å². The highest BCUT2D eigenvalue weighted by Crippen LogP contribution is 2.25. The Balaban J connectivity index is 1.72. The monoisotopic (exact) mass is 426 g/mol. The zero-order chi connectivity index (χ0) is 19.1. The molecule has 1 aromatic rings. The first kappa shape index (κ1) is 20.2. The average molecular weight is 427 g/mol. The minimum absolute atomic E-state index is 0.0139. The molecule has 9 heteroatoms. The van der Waals surface area contributed by atoms with Crippen molar-refractivity contribution in [2.24, 2.45) is 5.84 Å². The highest BCUT2D eigenvalue weighted by atomic mass is 79.9. The van der Waals surface area contributed by atoms with Gasteiger partial charge in [0.15, 0.2) is 0 Å². The number of hydrogen-bond donors (Lipinski definition) is 2. The lowest BCUT2D eigenvalue weighted by Gasteiger charge is -2.34. The van der Waals surface area contributed by atoms with Crippen molar-refractivity contribution in [1.29, 1.82) is 0 Å². The maximum Gasteiger partial charge on any atom is 0.243 e. The quantitative estimate of drug-likeness (QED) is 0.299. The van der Waals surface area contributed by atoms with Gasteiger partial charge >= 0.3 is 0 Å². The summed E-state index contributed by atoms with van der Waals surface area (Å²) >= 11 is 3.44. The summed E-state index contributed by atoms with van der Waals surface area (Å²) in [6.07, 6.45) is -0.00639. The van der Waals surface area contributed by atoms with Gasteiger partial charge in [-0.15, -0.1) is 0 Å². The molecule has 1 aliphatic heterocycles. The second-order valence-corrected chi connectivity index (χ2v) is 6.89. The van der Waals surface area contributed by atoms with E-state index < -0.39 is 5.91 Å². The third-order valence-electron chi connectivity index (χ3n) is 4.12. The molecule has 8 nitrogen and oxygen atoms in total. The molecule has 1 aliphatic rings. The van der Waals surface area contributed by atoms with Crippen LogP contribution in [-0.4, -0.2) is 60.3 Å². The number of piperazine rings is 1. The average Bonchev–Trinajstić information content (AvgIpc) is 2.63. The predicted octanol–water partition coefficient (Wildman–Crippen LogP) is 0.577. The number of rotatable bonds is 6. The topological polar surface area (TPSA) is 105 Å². The van der Waals surface area contributed by atoms with Gasteiger partial charge in [-0.3, -0.25) is 19.8 Å². The molecule has 0 aromatic heterocycles. The van der Waals surface area contributed by atoms with E-state index >= 15 is 0 Å². The summed E-state index contributed by atoms with van der Waals surface area (Å²) in [5.41, 5.74) is 3.06. The van der Waals surface area contributed by atoms with Crippen LogP contribution in [0.1, 0.15) is 18.4 Å². The van der Waals surface area contributed by atoms with Crippen LogP contribution in [-0.2, 0) is 14.4 Å². The maximum absolute atomic E-state index is 12.3. The first-order chi connectivity index (χ1) is 12.4. The Kier molecular flexibility index (Phi) is 7.40. The number of aryl methyl sites for hydroxylation is 1. The van der Waals surface area contributed by atoms with E-state index in [1.165, 1.54) is 0 Å². The fourth-order valence-corrected chi connectivity index (χ4v) is 3.24. The smallest absolute Gasteiger partial charge is 0.243 e. The van der Waals surface area contributed by atoms with Gasteiger partial charge in [0.1, 0.15) is 12.2 Å². The van der Waals surface area contributed by atoms with Crippen LogP contribution >= 0.6 is 15.9 Å². The molecular weight excluding hydrogens is 404 g/mol. The van der Waals surface area contributed by atoms with Gasteiger partial charge in [0.05, 0.1) is 17.5 Å². The van der Waals surface area contributed by atoms with Gasteiger partial charge in [0.25, 0.3) is 0 Å². The van der Waals surface area contributed by atoms with E-state index in [0.717, 1.165) is 10.0 Å². The molecule has 3 N–H and O–H groups in total. The third-order valence-corrected chi connectivity index (χ3v) is 4.74. The number of halogens is 1. The van der Waals surface area contributed by atoms with Crippen LogP contribution in [0.3, 0.4) is 0 Å². The van der Waals surface area contributed by atoms with Crippen LogP contribution in [0.2, 0.25) is 0 Å². The summed E-state index contributed by atoms with van der Waals surface area (Å²) in [6, 6.07) is 5.77. The molecular formula is C17H23BrN4O4. The van der Waals surface area contributed by atoms with Crippen molar-refractivity contribution < 1.29 is 19.1 Å². The normalized spacial score (nSPS) is 14.1. The van der Waals surface area contributed by atoms with Gasteiger partial charge in [-0.2, -0.15) is 0 Å². The number of ether oxygens (including phenoxy) is 1. The van der Waals surface area contributed by atoms with Crippen LogP contribution < -0.4 is 16.0 Å². The summed E-state index contributed by atoms with van der Waals surface area (Å²) < 4.78 is 6.51. The van der Waals surface area contributed by atoms with Crippen molar-refractivity contribution in [1.82, 2.24) is 15.2 Å². The van der Waals surface area contributed by atoms with Gasteiger partial charge in [0, 0.05) is 26.2 Å². The lowest BCUT2D eigenvalue weighted by Crippen LogP contribution is -2.51. The second-order valence-electron chi connectivity index (χ2n) is 6.04. The van der Waals surface area contributed by atoms with E-state index in [1.807, 2.05) is 30.5 Å². The molecule has 26 heavy (non-hydrogen) atoms. The van der Waals surface area contributed by atoms with Gasteiger partial charge in [-0.25, -0.2) is 5.84 Å². The largest absolute Gasteiger partial charge is 0.492 e. The number of nitrogens with one attached hydrogen (secondary N) is 1. The molecule has 0 atom stereocenters. The molecule has 0 bridgehead atoms. The predicted molar refractivity (Wildman–Crippen MR) is 99.1 cm³/mol. The van der Waals surface area contributed by atoms with Gasteiger partial charge in [-0.05, 0) is 40.5 Å². The van der Waals surface area contributed by atoms with Gasteiger partial charge in [-0.1, -0.05) is 6.07 Å². The third kappa shape index (κ3) is 5.70. The Hall–Kier alpha value is -2.13. The summed E-state index contributed by atoms with van der Waals surface area (Å²) in [7, 11) is 0. The number of amides is 3. The molecule has 1 heterocycles. The summed E-state index contributed by atoms with van der Waals surface area (Å²) in [5.74, 6) is 4.87. The molecule has 1 saturated heterocycles. The minimum atomic E-state index is -0.520.